The lowest BCUT2D eigenvalue weighted by Gasteiger charge is -2.44. The zero-order valence-electron chi connectivity index (χ0n) is 47.9. The average molecular weight is 1040 g/mol. The van der Waals surface area contributed by atoms with Crippen molar-refractivity contribution in [2.75, 3.05) is 19.8 Å². The summed E-state index contributed by atoms with van der Waals surface area (Å²) in [5, 5.41) is 3.44. The molecule has 2 aliphatic heterocycles. The van der Waals surface area contributed by atoms with Gasteiger partial charge in [0.1, 0.15) is 11.9 Å². The van der Waals surface area contributed by atoms with Crippen LogP contribution in [0.25, 0.3) is 6.08 Å². The van der Waals surface area contributed by atoms with Gasteiger partial charge in [0, 0.05) is 60.9 Å². The number of esters is 1. The zero-order chi connectivity index (χ0) is 51.9. The standard InChI is InChI=1S/C54H104N2O7SSi4/c1-23-67(24-2,25-3)62-46-38-48(57)61-44(41(8)36-43-39-64-47(55-43)31-34-59-65(19,20)51(10,11)12)37-45-54(18,56(45)33-35-60-66(21,22)52(13,14)15)32-29-30-40(7)49(42(9)50(58)53(46,16)17)63-68(26-4,27-5)28-6/h36,39-40,42,44-46,49H,23-35,37-38H2,1-22H3/b41-36+/t40-,42+,44-,45-,46-,49-,54+,56?/m0/s1. The number of hydrogen-bond donors (Lipinski definition) is 0. The summed E-state index contributed by atoms with van der Waals surface area (Å²) in [6.45, 7) is 51.6. The van der Waals surface area contributed by atoms with Gasteiger partial charge in [0.15, 0.2) is 33.3 Å². The maximum atomic E-state index is 15.3. The van der Waals surface area contributed by atoms with Gasteiger partial charge in [-0.1, -0.05) is 117 Å². The first-order valence-corrected chi connectivity index (χ1v) is 38.8. The van der Waals surface area contributed by atoms with Crippen LogP contribution in [0.3, 0.4) is 0 Å². The Morgan fingerprint density at radius 3 is 1.87 bits per heavy atom. The third-order valence-electron chi connectivity index (χ3n) is 18.3. The second kappa shape index (κ2) is 24.5. The van der Waals surface area contributed by atoms with E-state index in [1.54, 1.807) is 11.3 Å². The number of ether oxygens (including phenoxy) is 1. The summed E-state index contributed by atoms with van der Waals surface area (Å²) in [4.78, 5) is 37.9. The summed E-state index contributed by atoms with van der Waals surface area (Å²) < 4.78 is 34.8. The Labute approximate surface area is 426 Å². The highest BCUT2D eigenvalue weighted by Gasteiger charge is 2.59. The first kappa shape index (κ1) is 61.5. The summed E-state index contributed by atoms with van der Waals surface area (Å²) in [5.74, 6) is -0.364. The molecule has 0 aliphatic carbocycles. The van der Waals surface area contributed by atoms with E-state index in [9.17, 15) is 4.79 Å². The monoisotopic (exact) mass is 1040 g/mol. The van der Waals surface area contributed by atoms with Crippen molar-refractivity contribution in [1.29, 1.82) is 0 Å². The first-order chi connectivity index (χ1) is 31.3. The molecule has 8 atom stereocenters. The predicted octanol–water partition coefficient (Wildman–Crippen LogP) is 15.1. The zero-order valence-corrected chi connectivity index (χ0v) is 52.7. The Bertz CT molecular complexity index is 1780. The average Bonchev–Trinajstić information content (AvgIpc) is 3.52. The van der Waals surface area contributed by atoms with Crippen LogP contribution in [0.1, 0.15) is 167 Å². The highest BCUT2D eigenvalue weighted by atomic mass is 32.1. The first-order valence-electron chi connectivity index (χ1n) is 27.0. The SMILES string of the molecule is CC[Si](CC)(CC)O[C@H]1[C@@H](C)CCC[C@]2(C)[C@H](C[C@@H](/C(C)=C/c3csc(CCO[Si](C)(C)C(C)(C)C)n3)OC(=O)C[C@H](O[Si](CC)(CC)CC)C(C)(C)C(=O)[C@@H]1C)N2CCO[Si](C)(C)C(C)(C)C. The van der Waals surface area contributed by atoms with Gasteiger partial charge >= 0.3 is 5.97 Å². The lowest BCUT2D eigenvalue weighted by Crippen LogP contribution is -2.53. The second-order valence-corrected chi connectivity index (χ2v) is 44.9. The molecule has 68 heavy (non-hydrogen) atoms. The van der Waals surface area contributed by atoms with E-state index in [0.29, 0.717) is 19.6 Å². The molecule has 0 spiro atoms. The van der Waals surface area contributed by atoms with E-state index in [2.05, 4.69) is 153 Å². The van der Waals surface area contributed by atoms with Gasteiger partial charge in [-0.3, -0.25) is 14.5 Å². The molecule has 0 amide bonds. The summed E-state index contributed by atoms with van der Waals surface area (Å²) in [6, 6.07) is 6.04. The molecule has 1 aromatic heterocycles. The predicted molar refractivity (Wildman–Crippen MR) is 299 cm³/mol. The minimum atomic E-state index is -2.29. The molecule has 0 bridgehead atoms. The fourth-order valence-electron chi connectivity index (χ4n) is 10.2. The van der Waals surface area contributed by atoms with Gasteiger partial charge in [-0.05, 0) is 117 Å². The van der Waals surface area contributed by atoms with Crippen molar-refractivity contribution in [3.63, 3.8) is 0 Å². The maximum absolute atomic E-state index is 15.3. The lowest BCUT2D eigenvalue weighted by atomic mass is 9.73. The summed E-state index contributed by atoms with van der Waals surface area (Å²) in [7, 11) is -8.21. The van der Waals surface area contributed by atoms with Crippen LogP contribution in [0, 0.1) is 17.3 Å². The van der Waals surface area contributed by atoms with Gasteiger partial charge in [-0.25, -0.2) is 4.98 Å². The highest BCUT2D eigenvalue weighted by Crippen LogP contribution is 2.49. The van der Waals surface area contributed by atoms with Crippen LogP contribution in [0.5, 0.6) is 0 Å². The van der Waals surface area contributed by atoms with Crippen molar-refractivity contribution in [3.8, 4) is 0 Å². The maximum Gasteiger partial charge on any atom is 0.309 e. The van der Waals surface area contributed by atoms with Gasteiger partial charge in [-0.2, -0.15) is 0 Å². The minimum Gasteiger partial charge on any atom is -0.458 e. The van der Waals surface area contributed by atoms with Crippen LogP contribution >= 0.6 is 11.3 Å². The van der Waals surface area contributed by atoms with E-state index in [1.165, 1.54) is 0 Å². The van der Waals surface area contributed by atoms with Crippen molar-refractivity contribution < 1.29 is 32.0 Å². The van der Waals surface area contributed by atoms with Crippen molar-refractivity contribution in [2.24, 2.45) is 17.3 Å². The number of nitrogens with zero attached hydrogens (tertiary/aromatic N) is 2. The van der Waals surface area contributed by atoms with E-state index < -0.39 is 50.9 Å². The van der Waals surface area contributed by atoms with E-state index >= 15 is 4.79 Å². The number of Topliss-reactive ketones (excluding diaryl/α,β-unsaturated/α-hetero) is 1. The Morgan fingerprint density at radius 2 is 1.35 bits per heavy atom. The summed E-state index contributed by atoms with van der Waals surface area (Å²) in [5.41, 5.74) is 0.816. The smallest absolute Gasteiger partial charge is 0.309 e. The number of thiazole rings is 1. The fourth-order valence-corrected chi connectivity index (χ4v) is 19.0. The molecule has 0 radical (unpaired) electrons. The van der Waals surface area contributed by atoms with Gasteiger partial charge in [0.2, 0.25) is 0 Å². The molecule has 0 N–H and O–H groups in total. The number of carbonyl (C=O) groups excluding carboxylic acids is 2. The molecule has 1 unspecified atom stereocenters. The van der Waals surface area contributed by atoms with Gasteiger partial charge in [0.05, 0.1) is 29.3 Å². The number of aromatic nitrogens is 1. The van der Waals surface area contributed by atoms with E-state index in [0.717, 1.165) is 84.8 Å². The number of ketones is 1. The molecule has 0 saturated carbocycles. The summed E-state index contributed by atoms with van der Waals surface area (Å²) >= 11 is 1.66. The molecule has 2 saturated heterocycles. The molecular weight excluding hydrogens is 933 g/mol. The largest absolute Gasteiger partial charge is 0.458 e. The van der Waals surface area contributed by atoms with E-state index in [-0.39, 0.29) is 57.8 Å². The Balaban J connectivity index is 2.15. The third kappa shape index (κ3) is 15.1. The van der Waals surface area contributed by atoms with Gasteiger partial charge in [-0.15, -0.1) is 11.3 Å². The molecule has 2 aliphatic rings. The Kier molecular flexibility index (Phi) is 22.1. The molecular formula is C54H104N2O7SSi4. The van der Waals surface area contributed by atoms with E-state index in [1.807, 2.05) is 13.8 Å². The number of carbonyl (C=O) groups is 2. The van der Waals surface area contributed by atoms with Crippen LogP contribution in [-0.2, 0) is 38.5 Å². The summed E-state index contributed by atoms with van der Waals surface area (Å²) in [6.07, 6.45) is 5.26. The van der Waals surface area contributed by atoms with Crippen LogP contribution in [0.4, 0.5) is 0 Å². The molecule has 2 fully saturated rings. The molecule has 0 aromatic carbocycles. The van der Waals surface area contributed by atoms with Crippen molar-refractivity contribution in [3.05, 3.63) is 21.7 Å². The van der Waals surface area contributed by atoms with Crippen LogP contribution in [-0.4, -0.2) is 105 Å². The number of rotatable bonds is 20. The topological polar surface area (TPSA) is 96.2 Å². The quantitative estimate of drug-likeness (QED) is 0.0719. The second-order valence-electron chi connectivity index (χ2n) is 24.9. The Morgan fingerprint density at radius 1 is 0.838 bits per heavy atom. The normalized spacial score (nSPS) is 27.8. The van der Waals surface area contributed by atoms with Crippen molar-refractivity contribution in [2.45, 2.75) is 266 Å². The molecule has 3 rings (SSSR count). The number of fused-ring (bicyclic) bond motifs is 1. The number of hydrogen-bond acceptors (Lipinski definition) is 10. The van der Waals surface area contributed by atoms with Gasteiger partial charge < -0.3 is 22.4 Å². The fraction of sp³-hybridized carbons (Fsp3) is 0.870. The molecule has 9 nitrogen and oxygen atoms in total. The molecule has 14 heteroatoms. The third-order valence-corrected chi connectivity index (χ3v) is 37.6. The molecule has 3 heterocycles. The van der Waals surface area contributed by atoms with Crippen LogP contribution < -0.4 is 0 Å². The Hall–Kier alpha value is -0.822. The number of cyclic esters (lactones) is 1. The van der Waals surface area contributed by atoms with E-state index in [4.69, 9.17) is 27.4 Å². The van der Waals surface area contributed by atoms with Crippen molar-refractivity contribution in [1.82, 2.24) is 9.88 Å². The minimum absolute atomic E-state index is 0.0176. The molecule has 1 aromatic rings. The van der Waals surface area contributed by atoms with Crippen LogP contribution in [0.2, 0.25) is 72.5 Å². The highest BCUT2D eigenvalue weighted by molar-refractivity contribution is 7.09. The van der Waals surface area contributed by atoms with Gasteiger partial charge in [0.25, 0.3) is 0 Å². The lowest BCUT2D eigenvalue weighted by molar-refractivity contribution is -0.153. The van der Waals surface area contributed by atoms with Crippen molar-refractivity contribution >= 4 is 62.4 Å². The molecule has 394 valence electrons. The van der Waals surface area contributed by atoms with Crippen LogP contribution in [0.15, 0.2) is 11.0 Å².